The summed E-state index contributed by atoms with van der Waals surface area (Å²) in [5.41, 5.74) is 0.755. The molecule has 1 atom stereocenters. The highest BCUT2D eigenvalue weighted by molar-refractivity contribution is 6.00. The van der Waals surface area contributed by atoms with Gasteiger partial charge in [-0.15, -0.1) is 0 Å². The predicted molar refractivity (Wildman–Crippen MR) is 87.0 cm³/mol. The second kappa shape index (κ2) is 7.09. The lowest BCUT2D eigenvalue weighted by Crippen LogP contribution is -2.27. The number of benzene rings is 2. The Bertz CT molecular complexity index is 676. The van der Waals surface area contributed by atoms with Gasteiger partial charge in [-0.25, -0.2) is 4.79 Å². The Morgan fingerprint density at radius 1 is 1.14 bits per heavy atom. The number of hydrogen-bond acceptors (Lipinski definition) is 3. The smallest absolute Gasteiger partial charge is 0.412 e. The average Bonchev–Trinajstić information content (AvgIpc) is 2.50. The fraction of sp³-hybridized carbons (Fsp3) is 0.278. The molecule has 0 aromatic heterocycles. The summed E-state index contributed by atoms with van der Waals surface area (Å²) in [5, 5.41) is 4.90. The molecule has 1 amide bonds. The molecule has 1 N–H and O–H groups in total. The lowest BCUT2D eigenvalue weighted by molar-refractivity contribution is 0.0259. The molecule has 2 aromatic rings. The lowest BCUT2D eigenvalue weighted by atomic mass is 10.1. The van der Waals surface area contributed by atoms with Crippen molar-refractivity contribution in [1.29, 1.82) is 0 Å². The molecule has 1 heterocycles. The fourth-order valence-corrected chi connectivity index (χ4v) is 2.51. The SMILES string of the molecule is O=C(Nc1cccc2ccccc12)OC1C/C=C\CCOC1. The number of hydrogen-bond donors (Lipinski definition) is 1. The minimum Gasteiger partial charge on any atom is -0.443 e. The topological polar surface area (TPSA) is 47.6 Å². The molecule has 0 saturated heterocycles. The van der Waals surface area contributed by atoms with Crippen LogP contribution in [-0.2, 0) is 9.47 Å². The minimum absolute atomic E-state index is 0.244. The van der Waals surface area contributed by atoms with Gasteiger partial charge in [0.15, 0.2) is 0 Å². The molecule has 4 nitrogen and oxygen atoms in total. The molecule has 22 heavy (non-hydrogen) atoms. The van der Waals surface area contributed by atoms with Gasteiger partial charge < -0.3 is 9.47 Å². The van der Waals surface area contributed by atoms with E-state index in [-0.39, 0.29) is 6.10 Å². The minimum atomic E-state index is -0.445. The predicted octanol–water partition coefficient (Wildman–Crippen LogP) is 4.12. The Balaban J connectivity index is 1.68. The third-order valence-electron chi connectivity index (χ3n) is 3.60. The van der Waals surface area contributed by atoms with Crippen LogP contribution < -0.4 is 5.32 Å². The maximum absolute atomic E-state index is 12.1. The summed E-state index contributed by atoms with van der Waals surface area (Å²) in [7, 11) is 0. The third kappa shape index (κ3) is 3.65. The maximum atomic E-state index is 12.1. The molecule has 1 unspecified atom stereocenters. The van der Waals surface area contributed by atoms with Crippen LogP contribution in [0.15, 0.2) is 54.6 Å². The van der Waals surface area contributed by atoms with Crippen molar-refractivity contribution in [3.63, 3.8) is 0 Å². The zero-order valence-electron chi connectivity index (χ0n) is 12.3. The van der Waals surface area contributed by atoms with Crippen molar-refractivity contribution in [2.45, 2.75) is 18.9 Å². The van der Waals surface area contributed by atoms with E-state index in [0.29, 0.717) is 19.6 Å². The third-order valence-corrected chi connectivity index (χ3v) is 3.60. The largest absolute Gasteiger partial charge is 0.443 e. The quantitative estimate of drug-likeness (QED) is 0.848. The lowest BCUT2D eigenvalue weighted by Gasteiger charge is -2.18. The van der Waals surface area contributed by atoms with Crippen LogP contribution in [0.2, 0.25) is 0 Å². The van der Waals surface area contributed by atoms with Crippen LogP contribution in [0.1, 0.15) is 12.8 Å². The number of amides is 1. The first-order valence-electron chi connectivity index (χ1n) is 7.51. The molecule has 4 heteroatoms. The summed E-state index contributed by atoms with van der Waals surface area (Å²) in [5.74, 6) is 0. The van der Waals surface area contributed by atoms with Crippen LogP contribution in [0.25, 0.3) is 10.8 Å². The number of carbonyl (C=O) groups excluding carboxylic acids is 1. The van der Waals surface area contributed by atoms with E-state index in [1.54, 1.807) is 0 Å². The Hall–Kier alpha value is -2.33. The first-order chi connectivity index (χ1) is 10.8. The van der Waals surface area contributed by atoms with E-state index in [2.05, 4.69) is 11.4 Å². The number of carbonyl (C=O) groups is 1. The van der Waals surface area contributed by atoms with Gasteiger partial charge in [0.05, 0.1) is 18.9 Å². The number of anilines is 1. The first-order valence-corrected chi connectivity index (χ1v) is 7.51. The molecule has 0 spiro atoms. The van der Waals surface area contributed by atoms with Gasteiger partial charge in [-0.3, -0.25) is 5.32 Å². The van der Waals surface area contributed by atoms with Gasteiger partial charge in [-0.05, 0) is 17.9 Å². The molecule has 3 rings (SSSR count). The van der Waals surface area contributed by atoms with E-state index in [4.69, 9.17) is 9.47 Å². The van der Waals surface area contributed by atoms with Crippen LogP contribution in [0.3, 0.4) is 0 Å². The van der Waals surface area contributed by atoms with E-state index in [1.807, 2.05) is 48.5 Å². The van der Waals surface area contributed by atoms with Crippen LogP contribution in [-0.4, -0.2) is 25.4 Å². The maximum Gasteiger partial charge on any atom is 0.412 e. The Morgan fingerprint density at radius 3 is 2.95 bits per heavy atom. The summed E-state index contributed by atoms with van der Waals surface area (Å²) in [6.07, 6.45) is 5.00. The van der Waals surface area contributed by atoms with Crippen LogP contribution in [0.4, 0.5) is 10.5 Å². The summed E-state index contributed by atoms with van der Waals surface area (Å²) < 4.78 is 10.9. The molecular weight excluding hydrogens is 278 g/mol. The first kappa shape index (κ1) is 14.6. The van der Waals surface area contributed by atoms with Crippen molar-refractivity contribution in [2.24, 2.45) is 0 Å². The van der Waals surface area contributed by atoms with E-state index < -0.39 is 6.09 Å². The fourth-order valence-electron chi connectivity index (χ4n) is 2.51. The molecule has 0 aliphatic carbocycles. The Kier molecular flexibility index (Phi) is 4.71. The van der Waals surface area contributed by atoms with E-state index >= 15 is 0 Å². The van der Waals surface area contributed by atoms with E-state index in [0.717, 1.165) is 22.9 Å². The van der Waals surface area contributed by atoms with Gasteiger partial charge >= 0.3 is 6.09 Å². The molecule has 0 fully saturated rings. The number of nitrogens with one attached hydrogen (secondary N) is 1. The van der Waals surface area contributed by atoms with Crippen molar-refractivity contribution in [2.75, 3.05) is 18.5 Å². The van der Waals surface area contributed by atoms with Crippen molar-refractivity contribution >= 4 is 22.6 Å². The van der Waals surface area contributed by atoms with E-state index in [9.17, 15) is 4.79 Å². The number of ether oxygens (including phenoxy) is 2. The second-order valence-corrected chi connectivity index (χ2v) is 5.25. The average molecular weight is 297 g/mol. The van der Waals surface area contributed by atoms with Crippen molar-refractivity contribution in [3.05, 3.63) is 54.6 Å². The van der Waals surface area contributed by atoms with Gasteiger partial charge in [0.25, 0.3) is 0 Å². The highest BCUT2D eigenvalue weighted by Crippen LogP contribution is 2.23. The Morgan fingerprint density at radius 2 is 2.00 bits per heavy atom. The molecule has 2 aromatic carbocycles. The van der Waals surface area contributed by atoms with Crippen LogP contribution >= 0.6 is 0 Å². The highest BCUT2D eigenvalue weighted by Gasteiger charge is 2.15. The molecule has 1 aliphatic rings. The highest BCUT2D eigenvalue weighted by atomic mass is 16.6. The molecule has 0 radical (unpaired) electrons. The van der Waals surface area contributed by atoms with Gasteiger partial charge in [0.2, 0.25) is 0 Å². The summed E-state index contributed by atoms with van der Waals surface area (Å²) in [6, 6.07) is 13.7. The standard InChI is InChI=1S/C18H19NO3/c20-18(22-15-9-2-1-5-12-21-13-15)19-17-11-6-8-14-7-3-4-10-16(14)17/h1-4,6-8,10-11,15H,5,9,12-13H2,(H,19,20)/b2-1-. The molecule has 0 bridgehead atoms. The monoisotopic (exact) mass is 297 g/mol. The molecule has 0 saturated carbocycles. The molecular formula is C18H19NO3. The second-order valence-electron chi connectivity index (χ2n) is 5.25. The zero-order valence-corrected chi connectivity index (χ0v) is 12.3. The number of rotatable bonds is 2. The van der Waals surface area contributed by atoms with E-state index in [1.165, 1.54) is 0 Å². The summed E-state index contributed by atoms with van der Waals surface area (Å²) in [4.78, 5) is 12.1. The normalized spacial score (nSPS) is 19.9. The molecule has 1 aliphatic heterocycles. The van der Waals surface area contributed by atoms with Crippen molar-refractivity contribution < 1.29 is 14.3 Å². The van der Waals surface area contributed by atoms with Gasteiger partial charge in [0, 0.05) is 11.8 Å². The van der Waals surface area contributed by atoms with Crippen LogP contribution in [0, 0.1) is 0 Å². The summed E-state index contributed by atoms with van der Waals surface area (Å²) >= 11 is 0. The van der Waals surface area contributed by atoms with Crippen LogP contribution in [0.5, 0.6) is 0 Å². The van der Waals surface area contributed by atoms with Crippen molar-refractivity contribution in [1.82, 2.24) is 0 Å². The van der Waals surface area contributed by atoms with Gasteiger partial charge in [0.1, 0.15) is 6.10 Å². The van der Waals surface area contributed by atoms with Gasteiger partial charge in [-0.2, -0.15) is 0 Å². The Labute approximate surface area is 129 Å². The van der Waals surface area contributed by atoms with Gasteiger partial charge in [-0.1, -0.05) is 48.6 Å². The zero-order chi connectivity index (χ0) is 15.2. The molecule has 114 valence electrons. The number of fused-ring (bicyclic) bond motifs is 1. The summed E-state index contributed by atoms with van der Waals surface area (Å²) in [6.45, 7) is 1.11. The van der Waals surface area contributed by atoms with Crippen molar-refractivity contribution in [3.8, 4) is 0 Å².